The van der Waals surface area contributed by atoms with E-state index in [4.69, 9.17) is 4.74 Å². The topological polar surface area (TPSA) is 48.2 Å². The van der Waals surface area contributed by atoms with Crippen molar-refractivity contribution in [3.8, 4) is 0 Å². The molecule has 1 N–H and O–H groups in total. The van der Waals surface area contributed by atoms with Crippen LogP contribution in [-0.4, -0.2) is 15.0 Å². The third-order valence-corrected chi connectivity index (χ3v) is 8.09. The molecule has 0 saturated carbocycles. The van der Waals surface area contributed by atoms with E-state index < -0.39 is 5.72 Å². The lowest BCUT2D eigenvalue weighted by Crippen LogP contribution is -2.34. The minimum Gasteiger partial charge on any atom is -0.348 e. The molecule has 31 heavy (non-hydrogen) atoms. The molecule has 3 atom stereocenters. The summed E-state index contributed by atoms with van der Waals surface area (Å²) in [5, 5.41) is 7.73. The van der Waals surface area contributed by atoms with Crippen molar-refractivity contribution in [3.05, 3.63) is 59.7 Å². The van der Waals surface area contributed by atoms with Crippen LogP contribution in [0.2, 0.25) is 0 Å². The molecule has 8 rings (SSSR count). The van der Waals surface area contributed by atoms with Crippen LogP contribution in [0, 0.1) is 5.92 Å². The number of amides is 1. The van der Waals surface area contributed by atoms with Gasteiger partial charge < -0.3 is 19.2 Å². The lowest BCUT2D eigenvalue weighted by Gasteiger charge is -2.31. The van der Waals surface area contributed by atoms with Crippen molar-refractivity contribution in [2.24, 2.45) is 5.92 Å². The molecule has 152 valence electrons. The van der Waals surface area contributed by atoms with Crippen LogP contribution in [-0.2, 0) is 17.0 Å². The van der Waals surface area contributed by atoms with Gasteiger partial charge in [0.15, 0.2) is 0 Å². The number of hydrogen-bond acceptors (Lipinski definition) is 2. The van der Waals surface area contributed by atoms with Gasteiger partial charge in [-0.15, -0.1) is 0 Å². The number of hydrogen-bond donors (Lipinski definition) is 1. The SMILES string of the molecule is C[C@H]1CC2O[C@]1(C)n1c3ccccc3c3c4c(c5c6ccccc6n2c5c31)C(=O)NC4. The minimum atomic E-state index is -0.441. The third-order valence-electron chi connectivity index (χ3n) is 8.09. The molecule has 5 heteroatoms. The Morgan fingerprint density at radius 1 is 1.00 bits per heavy atom. The van der Waals surface area contributed by atoms with E-state index in [2.05, 4.69) is 76.8 Å². The third kappa shape index (κ3) is 1.60. The smallest absolute Gasteiger partial charge is 0.252 e. The number of benzene rings is 3. The molecule has 2 bridgehead atoms. The number of nitrogens with one attached hydrogen (secondary N) is 1. The summed E-state index contributed by atoms with van der Waals surface area (Å²) in [7, 11) is 0. The van der Waals surface area contributed by atoms with Crippen molar-refractivity contribution in [1.29, 1.82) is 0 Å². The molecule has 0 spiro atoms. The molecule has 1 unspecified atom stereocenters. The summed E-state index contributed by atoms with van der Waals surface area (Å²) >= 11 is 0. The van der Waals surface area contributed by atoms with Gasteiger partial charge in [-0.3, -0.25) is 4.79 Å². The quantitative estimate of drug-likeness (QED) is 0.374. The first kappa shape index (κ1) is 16.4. The van der Waals surface area contributed by atoms with E-state index >= 15 is 0 Å². The Bertz CT molecular complexity index is 1660. The van der Waals surface area contributed by atoms with Crippen molar-refractivity contribution in [2.75, 3.05) is 0 Å². The zero-order chi connectivity index (χ0) is 20.6. The molecular formula is C26H21N3O2. The largest absolute Gasteiger partial charge is 0.348 e. The molecule has 2 aromatic heterocycles. The van der Waals surface area contributed by atoms with Crippen LogP contribution in [0.5, 0.6) is 0 Å². The van der Waals surface area contributed by atoms with E-state index in [9.17, 15) is 4.79 Å². The van der Waals surface area contributed by atoms with Gasteiger partial charge in [-0.05, 0) is 31.0 Å². The highest BCUT2D eigenvalue weighted by Gasteiger charge is 2.50. The van der Waals surface area contributed by atoms with Gasteiger partial charge in [-0.2, -0.15) is 0 Å². The van der Waals surface area contributed by atoms with Gasteiger partial charge in [0.1, 0.15) is 12.0 Å². The van der Waals surface area contributed by atoms with Crippen LogP contribution in [0.1, 0.15) is 42.4 Å². The average Bonchev–Trinajstić information content (AvgIpc) is 3.46. The number of carbonyl (C=O) groups is 1. The van der Waals surface area contributed by atoms with Gasteiger partial charge in [-0.25, -0.2) is 0 Å². The zero-order valence-electron chi connectivity index (χ0n) is 17.4. The molecule has 1 saturated heterocycles. The molecular weight excluding hydrogens is 386 g/mol. The monoisotopic (exact) mass is 407 g/mol. The van der Waals surface area contributed by atoms with E-state index in [0.29, 0.717) is 12.5 Å². The summed E-state index contributed by atoms with van der Waals surface area (Å²) in [4.78, 5) is 13.1. The number of aromatic nitrogens is 2. The molecule has 5 aromatic rings. The van der Waals surface area contributed by atoms with Gasteiger partial charge in [0.25, 0.3) is 5.91 Å². The first-order valence-electron chi connectivity index (χ1n) is 11.1. The highest BCUT2D eigenvalue weighted by molar-refractivity contribution is 6.31. The molecule has 3 aliphatic heterocycles. The zero-order valence-corrected chi connectivity index (χ0v) is 17.4. The number of nitrogens with zero attached hydrogens (tertiary/aromatic N) is 2. The Kier molecular flexibility index (Phi) is 2.61. The van der Waals surface area contributed by atoms with Gasteiger partial charge in [0.2, 0.25) is 0 Å². The summed E-state index contributed by atoms with van der Waals surface area (Å²) in [5.74, 6) is 0.389. The first-order chi connectivity index (χ1) is 15.1. The fraction of sp³-hybridized carbons (Fsp3) is 0.269. The number of carbonyl (C=O) groups excluding carboxylic acids is 1. The Hall–Kier alpha value is -3.31. The predicted octanol–water partition coefficient (Wildman–Crippen LogP) is 5.39. The van der Waals surface area contributed by atoms with Crippen molar-refractivity contribution in [2.45, 2.75) is 38.8 Å². The van der Waals surface area contributed by atoms with E-state index in [1.165, 1.54) is 21.8 Å². The minimum absolute atomic E-state index is 0.0338. The second-order valence-electron chi connectivity index (χ2n) is 9.49. The second kappa shape index (κ2) is 4.94. The Morgan fingerprint density at radius 3 is 2.52 bits per heavy atom. The summed E-state index contributed by atoms with van der Waals surface area (Å²) in [6.45, 7) is 5.11. The Balaban J connectivity index is 1.81. The molecule has 0 radical (unpaired) electrons. The summed E-state index contributed by atoms with van der Waals surface area (Å²) in [5.41, 5.74) is 6.20. The highest BCUT2D eigenvalue weighted by Crippen LogP contribution is 2.55. The van der Waals surface area contributed by atoms with E-state index in [1.807, 2.05) is 0 Å². The molecule has 3 aromatic carbocycles. The number of para-hydroxylation sites is 2. The number of rotatable bonds is 0. The number of fused-ring (bicyclic) bond motifs is 13. The average molecular weight is 407 g/mol. The van der Waals surface area contributed by atoms with Crippen LogP contribution < -0.4 is 5.32 Å². The normalized spacial score (nSPS) is 26.5. The van der Waals surface area contributed by atoms with Crippen molar-refractivity contribution in [3.63, 3.8) is 0 Å². The van der Waals surface area contributed by atoms with Crippen molar-refractivity contribution in [1.82, 2.24) is 14.5 Å². The van der Waals surface area contributed by atoms with Crippen molar-refractivity contribution < 1.29 is 9.53 Å². The molecule has 1 amide bonds. The van der Waals surface area contributed by atoms with Gasteiger partial charge in [-0.1, -0.05) is 43.3 Å². The fourth-order valence-corrected chi connectivity index (χ4v) is 6.63. The fourth-order valence-electron chi connectivity index (χ4n) is 6.63. The molecule has 5 heterocycles. The molecule has 1 fully saturated rings. The van der Waals surface area contributed by atoms with E-state index in [1.54, 1.807) is 0 Å². The number of ether oxygens (including phenoxy) is 1. The summed E-state index contributed by atoms with van der Waals surface area (Å²) in [6, 6.07) is 17.1. The van der Waals surface area contributed by atoms with E-state index in [0.717, 1.165) is 39.4 Å². The highest BCUT2D eigenvalue weighted by atomic mass is 16.5. The first-order valence-corrected chi connectivity index (χ1v) is 11.1. The standard InChI is InChI=1S/C26H21N3O2/c1-13-11-19-28-17-9-5-3-7-14(17)21-22-16(12-27-25(22)30)20-15-8-4-6-10-18(15)29(24(20)23(21)28)26(13,2)31-19/h3-10,13,19H,11-12H2,1-2H3,(H,27,30)/t13-,19?,26-/m0/s1. The van der Waals surface area contributed by atoms with Crippen LogP contribution in [0.4, 0.5) is 0 Å². The maximum Gasteiger partial charge on any atom is 0.252 e. The summed E-state index contributed by atoms with van der Waals surface area (Å²) < 4.78 is 11.7. The molecule has 5 nitrogen and oxygen atoms in total. The summed E-state index contributed by atoms with van der Waals surface area (Å²) in [6.07, 6.45) is 0.896. The lowest BCUT2D eigenvalue weighted by atomic mass is 9.95. The maximum atomic E-state index is 13.1. The van der Waals surface area contributed by atoms with Crippen LogP contribution in [0.25, 0.3) is 43.6 Å². The van der Waals surface area contributed by atoms with Crippen molar-refractivity contribution >= 4 is 49.5 Å². The van der Waals surface area contributed by atoms with Gasteiger partial charge in [0.05, 0.1) is 27.6 Å². The van der Waals surface area contributed by atoms with E-state index in [-0.39, 0.29) is 12.1 Å². The van der Waals surface area contributed by atoms with Crippen LogP contribution >= 0.6 is 0 Å². The van der Waals surface area contributed by atoms with Gasteiger partial charge >= 0.3 is 0 Å². The lowest BCUT2D eigenvalue weighted by molar-refractivity contribution is -0.114. The Morgan fingerprint density at radius 2 is 1.71 bits per heavy atom. The second-order valence-corrected chi connectivity index (χ2v) is 9.49. The molecule has 0 aliphatic carbocycles. The maximum absolute atomic E-state index is 13.1. The van der Waals surface area contributed by atoms with Crippen LogP contribution in [0.3, 0.4) is 0 Å². The molecule has 3 aliphatic rings. The van der Waals surface area contributed by atoms with Crippen LogP contribution in [0.15, 0.2) is 48.5 Å². The van der Waals surface area contributed by atoms with Gasteiger partial charge in [0, 0.05) is 34.0 Å². The Labute approximate surface area is 178 Å². The predicted molar refractivity (Wildman–Crippen MR) is 121 cm³/mol.